The van der Waals surface area contributed by atoms with Gasteiger partial charge in [0.15, 0.2) is 0 Å². The maximum absolute atomic E-state index is 10.7. The van der Waals surface area contributed by atoms with Crippen LogP contribution in [0, 0.1) is 0 Å². The van der Waals surface area contributed by atoms with Gasteiger partial charge in [0, 0.05) is 57.2 Å². The van der Waals surface area contributed by atoms with Crippen LogP contribution in [0.2, 0.25) is 0 Å². The number of hydrogen-bond donors (Lipinski definition) is 1. The molecular formula is C17H27N2Na3O7. The Labute approximate surface area is 238 Å². The molecule has 150 valence electrons. The predicted octanol–water partition coefficient (Wildman–Crippen LogP) is -12.7. The first-order chi connectivity index (χ1) is 12.2. The van der Waals surface area contributed by atoms with E-state index in [1.807, 2.05) is 0 Å². The van der Waals surface area contributed by atoms with Crippen molar-refractivity contribution < 1.29 is 123 Å². The standard InChI is InChI=1S/C17H30N2O7.3Na/c1-2-3-4-14(20)13-19(10-7-17(25)26)12-11-18(8-5-15(21)22)9-6-16(23)24;;;/h2,14,20H,1,3-13H2,(H,21,22)(H,23,24)(H,25,26);;;/q;3*+1/p-3. The van der Waals surface area contributed by atoms with Gasteiger partial charge in [-0.1, -0.05) is 6.08 Å². The molecule has 0 aliphatic rings. The minimum Gasteiger partial charge on any atom is -0.550 e. The molecule has 1 N–H and O–H groups in total. The van der Waals surface area contributed by atoms with E-state index in [2.05, 4.69) is 6.58 Å². The monoisotopic (exact) mass is 440 g/mol. The van der Waals surface area contributed by atoms with Crippen molar-refractivity contribution >= 4 is 17.9 Å². The van der Waals surface area contributed by atoms with E-state index in [1.54, 1.807) is 15.9 Å². The van der Waals surface area contributed by atoms with E-state index in [4.69, 9.17) is 0 Å². The van der Waals surface area contributed by atoms with Crippen molar-refractivity contribution in [3.8, 4) is 0 Å². The maximum Gasteiger partial charge on any atom is 1.00 e. The first-order valence-corrected chi connectivity index (χ1v) is 8.57. The Balaban J connectivity index is -0.00000104. The van der Waals surface area contributed by atoms with Gasteiger partial charge < -0.3 is 39.7 Å². The summed E-state index contributed by atoms with van der Waals surface area (Å²) in [7, 11) is 0. The van der Waals surface area contributed by atoms with Crippen LogP contribution in [0.1, 0.15) is 32.1 Å². The summed E-state index contributed by atoms with van der Waals surface area (Å²) in [5, 5.41) is 41.9. The van der Waals surface area contributed by atoms with Gasteiger partial charge >= 0.3 is 88.7 Å². The van der Waals surface area contributed by atoms with Gasteiger partial charge in [-0.3, -0.25) is 4.90 Å². The van der Waals surface area contributed by atoms with Crippen LogP contribution >= 0.6 is 0 Å². The number of carboxylic acid groups (broad SMARTS) is 3. The molecule has 1 atom stereocenters. The summed E-state index contributed by atoms with van der Waals surface area (Å²) in [6.45, 7) is 4.89. The summed E-state index contributed by atoms with van der Waals surface area (Å²) in [4.78, 5) is 35.3. The second-order valence-corrected chi connectivity index (χ2v) is 6.03. The van der Waals surface area contributed by atoms with E-state index in [-0.39, 0.29) is 134 Å². The normalized spacial score (nSPS) is 11.0. The molecule has 0 aromatic heterocycles. The summed E-state index contributed by atoms with van der Waals surface area (Å²) >= 11 is 0. The molecule has 0 amide bonds. The Bertz CT molecular complexity index is 452. The van der Waals surface area contributed by atoms with Crippen LogP contribution in [0.15, 0.2) is 12.7 Å². The fourth-order valence-corrected chi connectivity index (χ4v) is 2.36. The van der Waals surface area contributed by atoms with Crippen molar-refractivity contribution in [2.45, 2.75) is 38.2 Å². The van der Waals surface area contributed by atoms with Gasteiger partial charge in [-0.2, -0.15) is 0 Å². The van der Waals surface area contributed by atoms with Crippen molar-refractivity contribution in [3.63, 3.8) is 0 Å². The molecule has 0 saturated carbocycles. The zero-order valence-corrected chi connectivity index (χ0v) is 23.9. The van der Waals surface area contributed by atoms with Gasteiger partial charge in [0.25, 0.3) is 0 Å². The zero-order valence-electron chi connectivity index (χ0n) is 17.9. The molecule has 0 fully saturated rings. The summed E-state index contributed by atoms with van der Waals surface area (Å²) in [5.41, 5.74) is 0. The van der Waals surface area contributed by atoms with Crippen LogP contribution in [-0.2, 0) is 14.4 Å². The van der Waals surface area contributed by atoms with Crippen molar-refractivity contribution in [2.75, 3.05) is 39.3 Å². The van der Waals surface area contributed by atoms with Crippen LogP contribution in [0.3, 0.4) is 0 Å². The van der Waals surface area contributed by atoms with Crippen LogP contribution < -0.4 is 104 Å². The number of aliphatic hydroxyl groups is 1. The van der Waals surface area contributed by atoms with E-state index >= 15 is 0 Å². The summed E-state index contributed by atoms with van der Waals surface area (Å²) in [5.74, 6) is -3.68. The van der Waals surface area contributed by atoms with Crippen molar-refractivity contribution in [3.05, 3.63) is 12.7 Å². The Kier molecular flexibility index (Phi) is 30.5. The Morgan fingerprint density at radius 3 is 1.55 bits per heavy atom. The molecule has 0 radical (unpaired) electrons. The minimum atomic E-state index is -1.24. The summed E-state index contributed by atoms with van der Waals surface area (Å²) in [6.07, 6.45) is 1.45. The number of aliphatic hydroxyl groups excluding tert-OH is 1. The maximum atomic E-state index is 10.7. The van der Waals surface area contributed by atoms with E-state index in [0.717, 1.165) is 0 Å². The number of carboxylic acids is 3. The molecule has 0 aliphatic heterocycles. The number of carbonyl (C=O) groups excluding carboxylic acids is 3. The molecule has 1 unspecified atom stereocenters. The van der Waals surface area contributed by atoms with Gasteiger partial charge in [-0.05, 0) is 32.1 Å². The number of carbonyl (C=O) groups is 3. The van der Waals surface area contributed by atoms with Gasteiger partial charge in [-0.25, -0.2) is 0 Å². The van der Waals surface area contributed by atoms with E-state index in [0.29, 0.717) is 25.9 Å². The SMILES string of the molecule is C=CCCC(O)CN(CCC(=O)[O-])CCN(CCC(=O)[O-])CCC(=O)[O-].[Na+].[Na+].[Na+]. The number of aliphatic carboxylic acids is 3. The second kappa shape index (κ2) is 23.7. The van der Waals surface area contributed by atoms with Crippen LogP contribution in [0.4, 0.5) is 0 Å². The van der Waals surface area contributed by atoms with Crippen LogP contribution in [0.5, 0.6) is 0 Å². The van der Waals surface area contributed by atoms with E-state index < -0.39 is 24.0 Å². The number of hydrogen-bond acceptors (Lipinski definition) is 9. The largest absolute Gasteiger partial charge is 1.00 e. The molecule has 0 heterocycles. The molecular weight excluding hydrogens is 413 g/mol. The molecule has 0 bridgehead atoms. The average molecular weight is 440 g/mol. The van der Waals surface area contributed by atoms with Crippen LogP contribution in [0.25, 0.3) is 0 Å². The molecule has 0 aromatic rings. The van der Waals surface area contributed by atoms with Crippen molar-refractivity contribution in [1.29, 1.82) is 0 Å². The van der Waals surface area contributed by atoms with Crippen LogP contribution in [-0.4, -0.2) is 78.2 Å². The third kappa shape index (κ3) is 25.2. The fourth-order valence-electron chi connectivity index (χ4n) is 2.36. The smallest absolute Gasteiger partial charge is 0.550 e. The molecule has 0 aliphatic carbocycles. The van der Waals surface area contributed by atoms with Gasteiger partial charge in [0.05, 0.1) is 6.10 Å². The second-order valence-electron chi connectivity index (χ2n) is 6.03. The third-order valence-corrected chi connectivity index (χ3v) is 3.80. The van der Waals surface area contributed by atoms with Crippen molar-refractivity contribution in [2.24, 2.45) is 0 Å². The first kappa shape index (κ1) is 37.4. The Morgan fingerprint density at radius 1 is 0.793 bits per heavy atom. The number of nitrogens with zero attached hydrogens (tertiary/aromatic N) is 2. The molecule has 12 heteroatoms. The average Bonchev–Trinajstić information content (AvgIpc) is 2.56. The minimum absolute atomic E-state index is 0. The molecule has 29 heavy (non-hydrogen) atoms. The van der Waals surface area contributed by atoms with Gasteiger partial charge in [0.1, 0.15) is 0 Å². The number of rotatable bonds is 17. The molecule has 0 spiro atoms. The van der Waals surface area contributed by atoms with E-state index in [1.165, 1.54) is 0 Å². The third-order valence-electron chi connectivity index (χ3n) is 3.80. The predicted molar refractivity (Wildman–Crippen MR) is 87.2 cm³/mol. The summed E-state index contributed by atoms with van der Waals surface area (Å²) < 4.78 is 0. The number of allylic oxidation sites excluding steroid dienone is 1. The quantitative estimate of drug-likeness (QED) is 0.172. The Morgan fingerprint density at radius 2 is 1.17 bits per heavy atom. The molecule has 0 saturated heterocycles. The first-order valence-electron chi connectivity index (χ1n) is 8.57. The topological polar surface area (TPSA) is 147 Å². The molecule has 0 aromatic carbocycles. The van der Waals surface area contributed by atoms with Crippen molar-refractivity contribution in [1.82, 2.24) is 9.80 Å². The zero-order chi connectivity index (χ0) is 19.9. The van der Waals surface area contributed by atoms with Gasteiger partial charge in [-0.15, -0.1) is 6.58 Å². The molecule has 9 nitrogen and oxygen atoms in total. The van der Waals surface area contributed by atoms with E-state index in [9.17, 15) is 34.8 Å². The Hall–Kier alpha value is 1.03. The fraction of sp³-hybridized carbons (Fsp3) is 0.706. The molecule has 0 rings (SSSR count). The van der Waals surface area contributed by atoms with Gasteiger partial charge in [0.2, 0.25) is 0 Å². The summed E-state index contributed by atoms with van der Waals surface area (Å²) in [6, 6.07) is 0.